The number of aromatic nitrogens is 2. The van der Waals surface area contributed by atoms with Crippen molar-refractivity contribution in [2.45, 2.75) is 32.9 Å². The number of rotatable bonds is 6. The Bertz CT molecular complexity index is 1350. The van der Waals surface area contributed by atoms with E-state index in [1.165, 1.54) is 6.07 Å². The van der Waals surface area contributed by atoms with Crippen LogP contribution in [0.3, 0.4) is 0 Å². The molecule has 5 nitrogen and oxygen atoms in total. The lowest BCUT2D eigenvalue weighted by atomic mass is 9.96. The highest BCUT2D eigenvalue weighted by Crippen LogP contribution is 2.44. The van der Waals surface area contributed by atoms with Gasteiger partial charge in [0.25, 0.3) is 0 Å². The van der Waals surface area contributed by atoms with E-state index in [1.807, 2.05) is 62.4 Å². The SMILES string of the molecule is CCOc1ccc(N2C(=S)N[C@@H](c3ccccn3)[C@H]2c2cc(C)n(-c3cccc(F)c3)c2C)cc1. The van der Waals surface area contributed by atoms with Crippen molar-refractivity contribution >= 4 is 23.0 Å². The Kier molecular flexibility index (Phi) is 6.26. The lowest BCUT2D eigenvalue weighted by molar-refractivity contribution is 0.340. The summed E-state index contributed by atoms with van der Waals surface area (Å²) in [5, 5.41) is 4.14. The van der Waals surface area contributed by atoms with Gasteiger partial charge in [0.2, 0.25) is 0 Å². The number of hydrogen-bond acceptors (Lipinski definition) is 3. The van der Waals surface area contributed by atoms with Crippen molar-refractivity contribution in [3.8, 4) is 11.4 Å². The van der Waals surface area contributed by atoms with Crippen molar-refractivity contribution in [3.05, 3.63) is 107 Å². The predicted octanol–water partition coefficient (Wildman–Crippen LogP) is 6.20. The summed E-state index contributed by atoms with van der Waals surface area (Å²) < 4.78 is 21.8. The molecule has 0 bridgehead atoms. The number of halogens is 1. The molecule has 3 heterocycles. The molecule has 0 saturated carbocycles. The fraction of sp³-hybridized carbons (Fsp3) is 0.214. The summed E-state index contributed by atoms with van der Waals surface area (Å²) in [5.41, 5.74) is 5.81. The van der Waals surface area contributed by atoms with Crippen LogP contribution in [-0.2, 0) is 0 Å². The molecular weight excluding hydrogens is 459 g/mol. The van der Waals surface area contributed by atoms with Gasteiger partial charge < -0.3 is 19.5 Å². The fourth-order valence-corrected chi connectivity index (χ4v) is 5.26. The maximum absolute atomic E-state index is 14.1. The number of nitrogens with one attached hydrogen (secondary N) is 1. The first kappa shape index (κ1) is 23.1. The molecular formula is C28H27FN4OS. The Balaban J connectivity index is 1.64. The molecule has 2 aromatic carbocycles. The summed E-state index contributed by atoms with van der Waals surface area (Å²) in [5.74, 6) is 0.555. The molecule has 1 fully saturated rings. The van der Waals surface area contributed by atoms with Crippen molar-refractivity contribution in [1.82, 2.24) is 14.9 Å². The number of nitrogens with zero attached hydrogens (tertiary/aromatic N) is 3. The average Bonchev–Trinajstić information content (AvgIpc) is 3.35. The predicted molar refractivity (Wildman–Crippen MR) is 141 cm³/mol. The van der Waals surface area contributed by atoms with E-state index in [4.69, 9.17) is 17.0 Å². The molecule has 5 rings (SSSR count). The van der Waals surface area contributed by atoms with Gasteiger partial charge in [0.1, 0.15) is 11.6 Å². The van der Waals surface area contributed by atoms with Crippen LogP contribution in [0.25, 0.3) is 5.69 Å². The molecule has 0 spiro atoms. The minimum Gasteiger partial charge on any atom is -0.494 e. The van der Waals surface area contributed by atoms with Crippen molar-refractivity contribution in [2.75, 3.05) is 11.5 Å². The van der Waals surface area contributed by atoms with E-state index in [9.17, 15) is 4.39 Å². The zero-order valence-corrected chi connectivity index (χ0v) is 20.7. The van der Waals surface area contributed by atoms with Crippen molar-refractivity contribution in [2.24, 2.45) is 0 Å². The Labute approximate surface area is 210 Å². The Morgan fingerprint density at radius 3 is 2.49 bits per heavy atom. The second kappa shape index (κ2) is 9.50. The van der Waals surface area contributed by atoms with Crippen LogP contribution in [0.5, 0.6) is 5.75 Å². The first-order chi connectivity index (χ1) is 17.0. The molecule has 0 radical (unpaired) electrons. The van der Waals surface area contributed by atoms with E-state index >= 15 is 0 Å². The largest absolute Gasteiger partial charge is 0.494 e. The first-order valence-corrected chi connectivity index (χ1v) is 12.1. The third-order valence-electron chi connectivity index (χ3n) is 6.38. The molecule has 0 unspecified atom stereocenters. The number of aryl methyl sites for hydroxylation is 1. The van der Waals surface area contributed by atoms with Gasteiger partial charge in [0.05, 0.1) is 24.4 Å². The topological polar surface area (TPSA) is 42.3 Å². The van der Waals surface area contributed by atoms with Crippen LogP contribution in [0.15, 0.2) is 79.0 Å². The monoisotopic (exact) mass is 486 g/mol. The quantitative estimate of drug-likeness (QED) is 0.329. The lowest BCUT2D eigenvalue weighted by Gasteiger charge is -2.28. The number of benzene rings is 2. The third-order valence-corrected chi connectivity index (χ3v) is 6.69. The van der Waals surface area contributed by atoms with Gasteiger partial charge in [0, 0.05) is 29.0 Å². The van der Waals surface area contributed by atoms with Crippen molar-refractivity contribution < 1.29 is 9.13 Å². The first-order valence-electron chi connectivity index (χ1n) is 11.7. The smallest absolute Gasteiger partial charge is 0.174 e. The standard InChI is InChI=1S/C28H27FN4OS/c1-4-34-23-13-11-21(12-14-23)33-27(26(31-28(33)35)25-10-5-6-15-30-25)24-16-18(2)32(19(24)3)22-9-7-8-20(29)17-22/h5-17,26-27H,4H2,1-3H3,(H,31,35)/t26-,27+/m0/s1. The van der Waals surface area contributed by atoms with Crippen LogP contribution in [0, 0.1) is 19.7 Å². The maximum atomic E-state index is 14.1. The average molecular weight is 487 g/mol. The molecule has 0 aliphatic carbocycles. The third kappa shape index (κ3) is 4.28. The van der Waals surface area contributed by atoms with Crippen molar-refractivity contribution in [3.63, 3.8) is 0 Å². The van der Waals surface area contributed by atoms with Gasteiger partial charge in [-0.3, -0.25) is 4.98 Å². The highest BCUT2D eigenvalue weighted by molar-refractivity contribution is 7.80. The van der Waals surface area contributed by atoms with Crippen LogP contribution in [0.1, 0.15) is 41.7 Å². The second-order valence-corrected chi connectivity index (χ2v) is 8.95. The minimum absolute atomic E-state index is 0.149. The van der Waals surface area contributed by atoms with Crippen LogP contribution in [-0.4, -0.2) is 21.3 Å². The number of hydrogen-bond donors (Lipinski definition) is 1. The van der Waals surface area contributed by atoms with Crippen molar-refractivity contribution in [1.29, 1.82) is 0 Å². The zero-order valence-electron chi connectivity index (χ0n) is 19.9. The van der Waals surface area contributed by atoms with E-state index in [2.05, 4.69) is 32.8 Å². The van der Waals surface area contributed by atoms with Crippen LogP contribution < -0.4 is 15.0 Å². The summed E-state index contributed by atoms with van der Waals surface area (Å²) in [4.78, 5) is 6.78. The number of anilines is 1. The highest BCUT2D eigenvalue weighted by atomic mass is 32.1. The van der Waals surface area contributed by atoms with Gasteiger partial charge in [-0.05, 0) is 99.2 Å². The molecule has 1 saturated heterocycles. The Hall–Kier alpha value is -3.71. The molecule has 7 heteroatoms. The van der Waals surface area contributed by atoms with E-state index in [1.54, 1.807) is 18.3 Å². The Morgan fingerprint density at radius 2 is 1.80 bits per heavy atom. The van der Waals surface area contributed by atoms with E-state index < -0.39 is 0 Å². The minimum atomic E-state index is -0.261. The van der Waals surface area contributed by atoms with Crippen LogP contribution >= 0.6 is 12.2 Å². The second-order valence-electron chi connectivity index (χ2n) is 8.57. The van der Waals surface area contributed by atoms with Gasteiger partial charge in [-0.1, -0.05) is 12.1 Å². The summed E-state index contributed by atoms with van der Waals surface area (Å²) in [6, 6.07) is 22.4. The molecule has 1 aliphatic rings. The van der Waals surface area contributed by atoms with Gasteiger partial charge in [0.15, 0.2) is 5.11 Å². The highest BCUT2D eigenvalue weighted by Gasteiger charge is 2.42. The Morgan fingerprint density at radius 1 is 1.00 bits per heavy atom. The van der Waals surface area contributed by atoms with Gasteiger partial charge in [-0.25, -0.2) is 4.39 Å². The number of pyridine rings is 1. The van der Waals surface area contributed by atoms with Gasteiger partial charge in [-0.15, -0.1) is 0 Å². The van der Waals surface area contributed by atoms with Crippen LogP contribution in [0.2, 0.25) is 0 Å². The van der Waals surface area contributed by atoms with Crippen LogP contribution in [0.4, 0.5) is 10.1 Å². The maximum Gasteiger partial charge on any atom is 0.174 e. The molecule has 0 amide bonds. The molecule has 1 aliphatic heterocycles. The zero-order chi connectivity index (χ0) is 24.5. The molecule has 2 atom stereocenters. The molecule has 178 valence electrons. The molecule has 2 aromatic heterocycles. The molecule has 4 aromatic rings. The van der Waals surface area contributed by atoms with E-state index in [0.717, 1.165) is 39.8 Å². The van der Waals surface area contributed by atoms with E-state index in [0.29, 0.717) is 11.7 Å². The summed E-state index contributed by atoms with van der Waals surface area (Å²) in [6.45, 7) is 6.69. The lowest BCUT2D eigenvalue weighted by Crippen LogP contribution is -2.29. The normalized spacial score (nSPS) is 17.5. The van der Waals surface area contributed by atoms with Gasteiger partial charge >= 0.3 is 0 Å². The number of thiocarbonyl (C=S) groups is 1. The fourth-order valence-electron chi connectivity index (χ4n) is 4.92. The van der Waals surface area contributed by atoms with Gasteiger partial charge in [-0.2, -0.15) is 0 Å². The van der Waals surface area contributed by atoms with E-state index in [-0.39, 0.29) is 17.9 Å². The summed E-state index contributed by atoms with van der Waals surface area (Å²) in [7, 11) is 0. The molecule has 1 N–H and O–H groups in total. The summed E-state index contributed by atoms with van der Waals surface area (Å²) >= 11 is 5.85. The molecule has 35 heavy (non-hydrogen) atoms. The summed E-state index contributed by atoms with van der Waals surface area (Å²) in [6.07, 6.45) is 1.80. The number of ether oxygens (including phenoxy) is 1.